The van der Waals surface area contributed by atoms with Crippen LogP contribution in [0.1, 0.15) is 0 Å². The summed E-state index contributed by atoms with van der Waals surface area (Å²) >= 11 is 0. The van der Waals surface area contributed by atoms with Gasteiger partial charge in [-0.25, -0.2) is 0 Å². The zero-order chi connectivity index (χ0) is 4.41. The Bertz CT molecular complexity index is 81.6. The number of rotatable bonds is 0. The van der Waals surface area contributed by atoms with Gasteiger partial charge in [0.05, 0.1) is 13.1 Å². The number of hydrogen-bond donors (Lipinski definition) is 1. The lowest BCUT2D eigenvalue weighted by Gasteiger charge is -1.78. The zero-order valence-electron chi connectivity index (χ0n) is 3.22. The summed E-state index contributed by atoms with van der Waals surface area (Å²) in [6, 6.07) is 0. The summed E-state index contributed by atoms with van der Waals surface area (Å²) in [7, 11) is -1.34. The van der Waals surface area contributed by atoms with Crippen molar-refractivity contribution in [1.29, 1.82) is 0 Å². The van der Waals surface area contributed by atoms with Crippen molar-refractivity contribution in [3.63, 3.8) is 0 Å². The first-order valence-corrected chi connectivity index (χ1v) is 2.99. The molecule has 0 saturated carbocycles. The highest BCUT2D eigenvalue weighted by Crippen LogP contribution is 2.10. The van der Waals surface area contributed by atoms with E-state index < -0.39 is 8.09 Å². The molecule has 4 heteroatoms. The van der Waals surface area contributed by atoms with E-state index in [0.717, 1.165) is 13.1 Å². The molecule has 0 fully saturated rings. The molecule has 0 aromatic carbocycles. The second kappa shape index (κ2) is 1.65. The van der Waals surface area contributed by atoms with Crippen LogP contribution in [0.5, 0.6) is 0 Å². The summed E-state index contributed by atoms with van der Waals surface area (Å²) in [5.74, 6) is 0. The third-order valence-electron chi connectivity index (χ3n) is 0.587. The Kier molecular flexibility index (Phi) is 1.15. The van der Waals surface area contributed by atoms with Crippen molar-refractivity contribution in [2.45, 2.75) is 0 Å². The Morgan fingerprint density at radius 2 is 2.67 bits per heavy atom. The summed E-state index contributed by atoms with van der Waals surface area (Å²) in [5.41, 5.74) is 0. The van der Waals surface area contributed by atoms with Gasteiger partial charge in [0, 0.05) is 0 Å². The average Bonchev–Trinajstić information content (AvgIpc) is 1.86. The minimum absolute atomic E-state index is 0.717. The van der Waals surface area contributed by atoms with Gasteiger partial charge in [-0.15, -0.1) is 5.09 Å². The SMILES string of the molecule is [O-][P+]1=NCCN1. The summed E-state index contributed by atoms with van der Waals surface area (Å²) in [6.07, 6.45) is 0. The molecule has 1 aliphatic heterocycles. The number of nitrogens with one attached hydrogen (secondary N) is 1. The molecule has 0 bridgehead atoms. The van der Waals surface area contributed by atoms with E-state index in [2.05, 4.69) is 9.83 Å². The standard InChI is InChI=1S/C2H5N2OP/c5-6-3-1-2-4-6/h1-2H2,(H,3,4). The van der Waals surface area contributed by atoms with Crippen molar-refractivity contribution >= 4 is 8.09 Å². The summed E-state index contributed by atoms with van der Waals surface area (Å²) in [5, 5.41) is 2.66. The van der Waals surface area contributed by atoms with Gasteiger partial charge < -0.3 is 4.89 Å². The van der Waals surface area contributed by atoms with E-state index in [4.69, 9.17) is 0 Å². The van der Waals surface area contributed by atoms with Crippen molar-refractivity contribution < 1.29 is 4.89 Å². The Hall–Kier alpha value is 0.0200. The predicted octanol–water partition coefficient (Wildman–Crippen LogP) is -0.555. The Morgan fingerprint density at radius 3 is 2.83 bits per heavy atom. The van der Waals surface area contributed by atoms with Crippen molar-refractivity contribution in [3.05, 3.63) is 0 Å². The molecule has 0 aromatic rings. The van der Waals surface area contributed by atoms with Gasteiger partial charge in [-0.05, 0) is 0 Å². The second-order valence-electron chi connectivity index (χ2n) is 1.05. The van der Waals surface area contributed by atoms with Crippen LogP contribution < -0.4 is 9.98 Å². The molecule has 1 atom stereocenters. The summed E-state index contributed by atoms with van der Waals surface area (Å²) in [6.45, 7) is 1.50. The highest BCUT2D eigenvalue weighted by molar-refractivity contribution is 7.37. The lowest BCUT2D eigenvalue weighted by molar-refractivity contribution is -0.157. The molecular weight excluding hydrogens is 99.0 g/mol. The molecule has 1 unspecified atom stereocenters. The molecule has 34 valence electrons. The molecule has 0 saturated heterocycles. The van der Waals surface area contributed by atoms with Gasteiger partial charge in [-0.3, -0.25) is 0 Å². The van der Waals surface area contributed by atoms with Crippen LogP contribution >= 0.6 is 8.09 Å². The van der Waals surface area contributed by atoms with Gasteiger partial charge in [0.15, 0.2) is 0 Å². The molecule has 0 spiro atoms. The first-order valence-electron chi connectivity index (χ1n) is 1.78. The molecule has 1 N–H and O–H groups in total. The van der Waals surface area contributed by atoms with Crippen molar-refractivity contribution in [2.75, 3.05) is 13.1 Å². The lowest BCUT2D eigenvalue weighted by atomic mass is 10.7. The fourth-order valence-corrected chi connectivity index (χ4v) is 1.01. The van der Waals surface area contributed by atoms with Crippen molar-refractivity contribution in [3.8, 4) is 0 Å². The molecule has 0 amide bonds. The largest absolute Gasteiger partial charge is 0.595 e. The van der Waals surface area contributed by atoms with Crippen LogP contribution in [0.4, 0.5) is 0 Å². The van der Waals surface area contributed by atoms with Gasteiger partial charge in [-0.2, -0.15) is 0 Å². The van der Waals surface area contributed by atoms with Crippen LogP contribution in [0.25, 0.3) is 0 Å². The number of hydrogen-bond acceptors (Lipinski definition) is 3. The van der Waals surface area contributed by atoms with E-state index in [-0.39, 0.29) is 0 Å². The van der Waals surface area contributed by atoms with E-state index in [1.54, 1.807) is 0 Å². The lowest BCUT2D eigenvalue weighted by Crippen LogP contribution is -2.05. The van der Waals surface area contributed by atoms with Gasteiger partial charge in [0.2, 0.25) is 0 Å². The third kappa shape index (κ3) is 0.744. The van der Waals surface area contributed by atoms with E-state index in [0.29, 0.717) is 0 Å². The zero-order valence-corrected chi connectivity index (χ0v) is 4.11. The Labute approximate surface area is 37.0 Å². The molecule has 1 heterocycles. The predicted molar refractivity (Wildman–Crippen MR) is 22.2 cm³/mol. The molecule has 0 radical (unpaired) electrons. The second-order valence-corrected chi connectivity index (χ2v) is 2.19. The van der Waals surface area contributed by atoms with Crippen LogP contribution in [0.2, 0.25) is 0 Å². The average molecular weight is 104 g/mol. The van der Waals surface area contributed by atoms with E-state index in [1.807, 2.05) is 0 Å². The Balaban J connectivity index is 2.45. The highest BCUT2D eigenvalue weighted by atomic mass is 31.1. The monoisotopic (exact) mass is 104 g/mol. The van der Waals surface area contributed by atoms with Gasteiger partial charge in [-0.1, -0.05) is 4.74 Å². The van der Waals surface area contributed by atoms with Crippen LogP contribution in [-0.4, -0.2) is 13.1 Å². The molecule has 0 aliphatic carbocycles. The first-order chi connectivity index (χ1) is 2.89. The third-order valence-corrected chi connectivity index (χ3v) is 1.54. The van der Waals surface area contributed by atoms with E-state index >= 15 is 0 Å². The summed E-state index contributed by atoms with van der Waals surface area (Å²) in [4.78, 5) is 10.1. The van der Waals surface area contributed by atoms with E-state index in [9.17, 15) is 4.89 Å². The quantitative estimate of drug-likeness (QED) is 0.419. The van der Waals surface area contributed by atoms with Crippen molar-refractivity contribution in [2.24, 2.45) is 4.74 Å². The van der Waals surface area contributed by atoms with Gasteiger partial charge in [0.25, 0.3) is 8.09 Å². The molecule has 0 aromatic heterocycles. The minimum atomic E-state index is -1.34. The smallest absolute Gasteiger partial charge is 0.261 e. The topological polar surface area (TPSA) is 47.5 Å². The first kappa shape index (κ1) is 4.19. The summed E-state index contributed by atoms with van der Waals surface area (Å²) < 4.78 is 3.63. The minimum Gasteiger partial charge on any atom is -0.595 e. The molecular formula is C2H5N2OP. The molecule has 1 rings (SSSR count). The van der Waals surface area contributed by atoms with Gasteiger partial charge >= 0.3 is 0 Å². The van der Waals surface area contributed by atoms with E-state index in [1.165, 1.54) is 0 Å². The maximum absolute atomic E-state index is 10.1. The molecule has 6 heavy (non-hydrogen) atoms. The Morgan fingerprint density at radius 1 is 1.83 bits per heavy atom. The molecule has 1 aliphatic rings. The highest BCUT2D eigenvalue weighted by Gasteiger charge is 2.03. The fourth-order valence-electron chi connectivity index (χ4n) is 0.336. The fraction of sp³-hybridized carbons (Fsp3) is 1.00. The van der Waals surface area contributed by atoms with Crippen molar-refractivity contribution in [1.82, 2.24) is 5.09 Å². The van der Waals surface area contributed by atoms with Crippen LogP contribution in [0.15, 0.2) is 4.74 Å². The van der Waals surface area contributed by atoms with Crippen LogP contribution in [0.3, 0.4) is 0 Å². The van der Waals surface area contributed by atoms with Crippen LogP contribution in [-0.2, 0) is 0 Å². The van der Waals surface area contributed by atoms with Gasteiger partial charge in [0.1, 0.15) is 0 Å². The normalized spacial score (nSPS) is 27.2. The maximum Gasteiger partial charge on any atom is 0.261 e. The molecule has 3 nitrogen and oxygen atoms in total. The van der Waals surface area contributed by atoms with Crippen LogP contribution in [0, 0.1) is 0 Å². The number of nitrogens with zero attached hydrogens (tertiary/aromatic N) is 1. The maximum atomic E-state index is 10.1.